The molecule has 4 fully saturated rings. The quantitative estimate of drug-likeness (QED) is 0.271. The van der Waals surface area contributed by atoms with Gasteiger partial charge in [0.25, 0.3) is 0 Å². The molecule has 0 aliphatic carbocycles. The Morgan fingerprint density at radius 3 is 2.12 bits per heavy atom. The molecule has 4 aliphatic heterocycles. The van der Waals surface area contributed by atoms with Crippen LogP contribution in [0.3, 0.4) is 0 Å². The fraction of sp³-hybridized carbons (Fsp3) is 1.00. The van der Waals surface area contributed by atoms with Gasteiger partial charge in [-0.1, -0.05) is 43.4 Å². The molecule has 2 bridgehead atoms. The average Bonchev–Trinajstić information content (AvgIpc) is 2.62. The van der Waals surface area contributed by atoms with Crippen LogP contribution in [0.15, 0.2) is 0 Å². The van der Waals surface area contributed by atoms with Gasteiger partial charge in [0, 0.05) is 17.3 Å². The van der Waals surface area contributed by atoms with E-state index < -0.39 is 31.1 Å². The van der Waals surface area contributed by atoms with Crippen LogP contribution in [0.25, 0.3) is 0 Å². The van der Waals surface area contributed by atoms with Crippen molar-refractivity contribution < 1.29 is 18.6 Å². The summed E-state index contributed by atoms with van der Waals surface area (Å²) in [5.41, 5.74) is -0.862. The molecule has 0 unspecified atom stereocenters. The van der Waals surface area contributed by atoms with Crippen molar-refractivity contribution in [2.75, 3.05) is 11.0 Å². The number of hydrogen-bond donors (Lipinski definition) is 0. The molecule has 4 rings (SSSR count). The summed E-state index contributed by atoms with van der Waals surface area (Å²) in [4.78, 5) is 0. The molecule has 0 N–H and O–H groups in total. The predicted molar refractivity (Wildman–Crippen MR) is 115 cm³/mol. The molecular weight excluding hydrogens is 459 g/mol. The Morgan fingerprint density at radius 2 is 1.65 bits per heavy atom. The van der Waals surface area contributed by atoms with Crippen LogP contribution in [0.5, 0.6) is 0 Å². The number of hydrogen-bond acceptors (Lipinski definition) is 4. The second kappa shape index (κ2) is 7.24. The van der Waals surface area contributed by atoms with Gasteiger partial charge < -0.3 is 18.6 Å². The van der Waals surface area contributed by atoms with Crippen molar-refractivity contribution in [1.82, 2.24) is 0 Å². The molecular formula is C20H37IO4Si. The second-order valence-electron chi connectivity index (χ2n) is 9.17. The molecule has 6 heteroatoms. The van der Waals surface area contributed by atoms with Crippen LogP contribution in [0.1, 0.15) is 67.2 Å². The molecule has 4 saturated heterocycles. The summed E-state index contributed by atoms with van der Waals surface area (Å²) in [7, 11) is -1.85. The maximum absolute atomic E-state index is 7.05. The lowest BCUT2D eigenvalue weighted by molar-refractivity contribution is -0.517. The number of halogens is 1. The van der Waals surface area contributed by atoms with E-state index in [1.54, 1.807) is 0 Å². The van der Waals surface area contributed by atoms with Crippen LogP contribution in [0.2, 0.25) is 18.1 Å². The lowest BCUT2D eigenvalue weighted by Crippen LogP contribution is -2.80. The van der Waals surface area contributed by atoms with Crippen molar-refractivity contribution >= 4 is 30.9 Å². The largest absolute Gasteiger partial charge is 0.388 e. The Kier molecular flexibility index (Phi) is 5.98. The third-order valence-corrected chi connectivity index (χ3v) is 13.3. The van der Waals surface area contributed by atoms with E-state index in [1.807, 2.05) is 0 Å². The van der Waals surface area contributed by atoms with Crippen molar-refractivity contribution in [2.45, 2.75) is 108 Å². The molecule has 4 aliphatic rings. The Labute approximate surface area is 174 Å². The topological polar surface area (TPSA) is 36.9 Å². The third kappa shape index (κ3) is 3.14. The van der Waals surface area contributed by atoms with Crippen LogP contribution >= 0.6 is 22.6 Å². The number of alkyl halides is 1. The van der Waals surface area contributed by atoms with E-state index in [2.05, 4.69) is 64.1 Å². The van der Waals surface area contributed by atoms with Crippen LogP contribution in [0, 0.1) is 5.92 Å². The highest BCUT2D eigenvalue weighted by Gasteiger charge is 2.72. The van der Waals surface area contributed by atoms with Gasteiger partial charge in [-0.15, -0.1) is 0 Å². The van der Waals surface area contributed by atoms with Gasteiger partial charge in [0.2, 0.25) is 5.79 Å². The standard InChI is InChI=1S/C20H37IO4Si/c1-7-26(8-2,9-3)25-19-13-12-18(6,23-17(19,4)5)20(24-19)11-10-16(14-21)15-22-20/h16H,7-15H2,1-6H3/t16-,18+,19-,20+/m1/s1. The highest BCUT2D eigenvalue weighted by Crippen LogP contribution is 2.61. The molecule has 0 aromatic rings. The fourth-order valence-electron chi connectivity index (χ4n) is 5.14. The van der Waals surface area contributed by atoms with Crippen molar-refractivity contribution in [1.29, 1.82) is 0 Å². The fourth-order valence-corrected chi connectivity index (χ4v) is 8.86. The van der Waals surface area contributed by atoms with Crippen molar-refractivity contribution in [2.24, 2.45) is 5.92 Å². The molecule has 1 spiro atoms. The van der Waals surface area contributed by atoms with Gasteiger partial charge in [-0.3, -0.25) is 0 Å². The minimum atomic E-state index is -1.85. The summed E-state index contributed by atoms with van der Waals surface area (Å²) in [5, 5.41) is 0. The van der Waals surface area contributed by atoms with Crippen molar-refractivity contribution in [3.05, 3.63) is 0 Å². The molecule has 26 heavy (non-hydrogen) atoms. The van der Waals surface area contributed by atoms with Crippen LogP contribution in [-0.4, -0.2) is 42.1 Å². The SMILES string of the molecule is CC[Si](CC)(CC)O[C@]12CC[C@](C)(OC1(C)C)[C@]1(CC[C@H](CI)CO1)O2. The molecule has 152 valence electrons. The third-order valence-electron chi connectivity index (χ3n) is 7.43. The van der Waals surface area contributed by atoms with Gasteiger partial charge in [0.05, 0.1) is 6.61 Å². The normalized spacial score (nSPS) is 42.3. The molecule has 0 amide bonds. The van der Waals surface area contributed by atoms with E-state index in [9.17, 15) is 0 Å². The van der Waals surface area contributed by atoms with Crippen LogP contribution in [-0.2, 0) is 18.6 Å². The molecule has 4 atom stereocenters. The van der Waals surface area contributed by atoms with Gasteiger partial charge in [-0.05, 0) is 57.7 Å². The van der Waals surface area contributed by atoms with Crippen LogP contribution in [0.4, 0.5) is 0 Å². The first-order valence-electron chi connectivity index (χ1n) is 10.5. The van der Waals surface area contributed by atoms with Crippen molar-refractivity contribution in [3.8, 4) is 0 Å². The van der Waals surface area contributed by atoms with Gasteiger partial charge in [-0.2, -0.15) is 0 Å². The monoisotopic (exact) mass is 496 g/mol. The smallest absolute Gasteiger partial charge is 0.200 e. The Bertz CT molecular complexity index is 508. The van der Waals surface area contributed by atoms with E-state index in [-0.39, 0.29) is 0 Å². The predicted octanol–water partition coefficient (Wildman–Crippen LogP) is 5.64. The first-order chi connectivity index (χ1) is 12.1. The summed E-state index contributed by atoms with van der Waals surface area (Å²) in [5.74, 6) is -0.719. The Balaban J connectivity index is 1.94. The van der Waals surface area contributed by atoms with Gasteiger partial charge in [-0.25, -0.2) is 0 Å². The summed E-state index contributed by atoms with van der Waals surface area (Å²) in [6.45, 7) is 14.1. The Morgan fingerprint density at radius 1 is 1.00 bits per heavy atom. The van der Waals surface area contributed by atoms with Gasteiger partial charge in [0.15, 0.2) is 14.1 Å². The van der Waals surface area contributed by atoms with Gasteiger partial charge in [0.1, 0.15) is 11.2 Å². The zero-order chi connectivity index (χ0) is 19.3. The summed E-state index contributed by atoms with van der Waals surface area (Å²) in [6.07, 6.45) is 3.87. The molecule has 0 saturated carbocycles. The van der Waals surface area contributed by atoms with E-state index in [1.165, 1.54) is 0 Å². The second-order valence-corrected chi connectivity index (χ2v) is 14.7. The Hall–Kier alpha value is 0.787. The molecule has 4 nitrogen and oxygen atoms in total. The van der Waals surface area contributed by atoms with E-state index >= 15 is 0 Å². The maximum Gasteiger partial charge on any atom is 0.200 e. The number of ether oxygens (including phenoxy) is 3. The minimum absolute atomic E-state index is 0.396. The summed E-state index contributed by atoms with van der Waals surface area (Å²) >= 11 is 2.46. The van der Waals surface area contributed by atoms with Crippen molar-refractivity contribution in [3.63, 3.8) is 0 Å². The first-order valence-corrected chi connectivity index (χ1v) is 14.5. The zero-order valence-electron chi connectivity index (χ0n) is 17.5. The average molecular weight is 497 g/mol. The van der Waals surface area contributed by atoms with Gasteiger partial charge >= 0.3 is 0 Å². The highest BCUT2D eigenvalue weighted by atomic mass is 127. The van der Waals surface area contributed by atoms with E-state index in [0.29, 0.717) is 5.92 Å². The van der Waals surface area contributed by atoms with Crippen LogP contribution < -0.4 is 0 Å². The van der Waals surface area contributed by atoms with E-state index in [4.69, 9.17) is 18.6 Å². The molecule has 0 radical (unpaired) electrons. The summed E-state index contributed by atoms with van der Waals surface area (Å²) < 4.78 is 28.3. The molecule has 4 heterocycles. The zero-order valence-corrected chi connectivity index (χ0v) is 20.6. The molecule has 0 aromatic carbocycles. The first kappa shape index (κ1) is 21.5. The summed E-state index contributed by atoms with van der Waals surface area (Å²) in [6, 6.07) is 3.34. The maximum atomic E-state index is 7.05. The number of fused-ring (bicyclic) bond motifs is 2. The molecule has 0 aromatic heterocycles. The number of rotatable bonds is 6. The highest BCUT2D eigenvalue weighted by molar-refractivity contribution is 14.1. The minimum Gasteiger partial charge on any atom is -0.388 e. The lowest BCUT2D eigenvalue weighted by Gasteiger charge is -2.69. The van der Waals surface area contributed by atoms with E-state index in [0.717, 1.165) is 54.9 Å². The lowest BCUT2D eigenvalue weighted by atomic mass is 9.72.